The Bertz CT molecular complexity index is 1410. The van der Waals surface area contributed by atoms with E-state index in [1.807, 2.05) is 23.2 Å². The van der Waals surface area contributed by atoms with Gasteiger partial charge in [0, 0.05) is 29.9 Å². The molecule has 7 nitrogen and oxygen atoms in total. The number of rotatable bonds is 8. The molecule has 0 spiro atoms. The maximum Gasteiger partial charge on any atom is 0.230 e. The maximum atomic E-state index is 14.0. The van der Waals surface area contributed by atoms with Crippen molar-refractivity contribution in [2.24, 2.45) is 11.8 Å². The average molecular weight is 553 g/mol. The Balaban J connectivity index is 1.19. The number of carbonyl (C=O) groups is 1. The summed E-state index contributed by atoms with van der Waals surface area (Å²) in [6.07, 6.45) is 13.2. The number of aromatic nitrogens is 2. The Labute approximate surface area is 242 Å². The number of hydrogen-bond donors (Lipinski definition) is 1. The fourth-order valence-electron chi connectivity index (χ4n) is 6.75. The zero-order chi connectivity index (χ0) is 28.3. The molecule has 7 heteroatoms. The lowest BCUT2D eigenvalue weighted by Gasteiger charge is -2.36. The smallest absolute Gasteiger partial charge is 0.230 e. The molecule has 1 amide bonds. The summed E-state index contributed by atoms with van der Waals surface area (Å²) in [5.74, 6) is 1.61. The molecule has 41 heavy (non-hydrogen) atoms. The first-order chi connectivity index (χ1) is 20.0. The van der Waals surface area contributed by atoms with E-state index in [1.165, 1.54) is 18.4 Å². The lowest BCUT2D eigenvalue weighted by Crippen LogP contribution is -2.41. The fraction of sp³-hybridized carbons (Fsp3) is 0.500. The molecule has 3 fully saturated rings. The van der Waals surface area contributed by atoms with E-state index in [1.54, 1.807) is 7.11 Å². The average Bonchev–Trinajstić information content (AvgIpc) is 3.75. The first-order valence-corrected chi connectivity index (χ1v) is 15.2. The molecule has 1 heterocycles. The number of nitrogens with zero attached hydrogens (tertiary/aromatic N) is 4. The molecule has 0 bridgehead atoms. The van der Waals surface area contributed by atoms with Gasteiger partial charge in [-0.25, -0.2) is 0 Å². The minimum absolute atomic E-state index is 0.0419. The molecule has 3 aliphatic carbocycles. The Morgan fingerprint density at radius 1 is 1.02 bits per heavy atom. The number of hydrogen-bond acceptors (Lipinski definition) is 5. The molecule has 3 saturated carbocycles. The molecule has 1 aromatic heterocycles. The summed E-state index contributed by atoms with van der Waals surface area (Å²) in [6.45, 7) is 0.710. The van der Waals surface area contributed by atoms with Crippen LogP contribution in [0, 0.1) is 23.2 Å². The third-order valence-corrected chi connectivity index (χ3v) is 9.43. The molecule has 6 rings (SSSR count). The molecule has 0 radical (unpaired) electrons. The normalized spacial score (nSPS) is 24.4. The number of ether oxygens (including phenoxy) is 1. The third-order valence-electron chi connectivity index (χ3n) is 9.43. The Hall–Kier alpha value is -3.63. The van der Waals surface area contributed by atoms with Crippen LogP contribution in [0.15, 0.2) is 54.9 Å². The van der Waals surface area contributed by atoms with Crippen LogP contribution >= 0.6 is 0 Å². The van der Waals surface area contributed by atoms with Gasteiger partial charge in [0.1, 0.15) is 11.8 Å². The molecular weight excluding hydrogens is 512 g/mol. The van der Waals surface area contributed by atoms with Crippen LogP contribution in [0.5, 0.6) is 5.75 Å². The van der Waals surface area contributed by atoms with Crippen LogP contribution in [0.2, 0.25) is 0 Å². The van der Waals surface area contributed by atoms with Gasteiger partial charge in [-0.05, 0) is 111 Å². The molecule has 214 valence electrons. The van der Waals surface area contributed by atoms with Gasteiger partial charge in [0.15, 0.2) is 0 Å². The van der Waals surface area contributed by atoms with Gasteiger partial charge >= 0.3 is 0 Å². The molecule has 3 aliphatic rings. The SMILES string of the molecule is COc1ccc([C@H]2CC[C@H](CN(c3cccc(-c4cnn(C5CC5)c4)c3)C(=O)[C@H]3CC[C@H](O)CC3)CC2)cc1C#N. The van der Waals surface area contributed by atoms with Crippen LogP contribution < -0.4 is 9.64 Å². The molecule has 2 aromatic carbocycles. The summed E-state index contributed by atoms with van der Waals surface area (Å²) in [5, 5.41) is 24.2. The lowest BCUT2D eigenvalue weighted by atomic mass is 9.78. The van der Waals surface area contributed by atoms with Crippen molar-refractivity contribution in [3.05, 3.63) is 66.0 Å². The Morgan fingerprint density at radius 2 is 1.80 bits per heavy atom. The van der Waals surface area contributed by atoms with Crippen molar-refractivity contribution in [3.63, 3.8) is 0 Å². The van der Waals surface area contributed by atoms with Crippen molar-refractivity contribution in [1.82, 2.24) is 9.78 Å². The van der Waals surface area contributed by atoms with Crippen molar-refractivity contribution in [2.75, 3.05) is 18.6 Å². The first-order valence-electron chi connectivity index (χ1n) is 15.2. The second kappa shape index (κ2) is 12.1. The summed E-state index contributed by atoms with van der Waals surface area (Å²) < 4.78 is 7.40. The molecule has 1 N–H and O–H groups in total. The summed E-state index contributed by atoms with van der Waals surface area (Å²) in [4.78, 5) is 16.1. The molecule has 0 atom stereocenters. The van der Waals surface area contributed by atoms with Gasteiger partial charge in [0.05, 0.1) is 31.0 Å². The Morgan fingerprint density at radius 3 is 2.51 bits per heavy atom. The van der Waals surface area contributed by atoms with Gasteiger partial charge in [0.25, 0.3) is 0 Å². The second-order valence-electron chi connectivity index (χ2n) is 12.2. The maximum absolute atomic E-state index is 14.0. The number of aliphatic hydroxyl groups is 1. The van der Waals surface area contributed by atoms with E-state index in [9.17, 15) is 15.2 Å². The number of carbonyl (C=O) groups excluding carboxylic acids is 1. The van der Waals surface area contributed by atoms with Crippen molar-refractivity contribution >= 4 is 11.6 Å². The largest absolute Gasteiger partial charge is 0.495 e. The molecular formula is C34H40N4O3. The zero-order valence-corrected chi connectivity index (χ0v) is 23.9. The number of aliphatic hydroxyl groups excluding tert-OH is 1. The van der Waals surface area contributed by atoms with Gasteiger partial charge in [-0.1, -0.05) is 18.2 Å². The highest BCUT2D eigenvalue weighted by Crippen LogP contribution is 2.39. The number of nitriles is 1. The van der Waals surface area contributed by atoms with E-state index in [4.69, 9.17) is 4.74 Å². The van der Waals surface area contributed by atoms with Crippen LogP contribution in [0.1, 0.15) is 87.3 Å². The highest BCUT2D eigenvalue weighted by molar-refractivity contribution is 5.95. The topological polar surface area (TPSA) is 91.4 Å². The van der Waals surface area contributed by atoms with E-state index >= 15 is 0 Å². The van der Waals surface area contributed by atoms with Crippen LogP contribution in [0.3, 0.4) is 0 Å². The van der Waals surface area contributed by atoms with Crippen LogP contribution in [-0.4, -0.2) is 40.6 Å². The predicted molar refractivity (Wildman–Crippen MR) is 159 cm³/mol. The van der Waals surface area contributed by atoms with Gasteiger partial charge in [-0.2, -0.15) is 10.4 Å². The molecule has 0 unspecified atom stereocenters. The van der Waals surface area contributed by atoms with E-state index < -0.39 is 0 Å². The van der Waals surface area contributed by atoms with Gasteiger partial charge in [-0.3, -0.25) is 9.48 Å². The Kier molecular flexibility index (Phi) is 8.11. The van der Waals surface area contributed by atoms with Crippen LogP contribution in [0.25, 0.3) is 11.1 Å². The highest BCUT2D eigenvalue weighted by atomic mass is 16.5. The zero-order valence-electron chi connectivity index (χ0n) is 23.9. The number of benzene rings is 2. The quantitative estimate of drug-likeness (QED) is 0.339. The molecule has 0 saturated heterocycles. The lowest BCUT2D eigenvalue weighted by molar-refractivity contribution is -0.124. The highest BCUT2D eigenvalue weighted by Gasteiger charge is 2.32. The van der Waals surface area contributed by atoms with E-state index in [2.05, 4.69) is 52.4 Å². The van der Waals surface area contributed by atoms with Crippen molar-refractivity contribution in [3.8, 4) is 22.9 Å². The van der Waals surface area contributed by atoms with Crippen molar-refractivity contribution in [1.29, 1.82) is 5.26 Å². The summed E-state index contributed by atoms with van der Waals surface area (Å²) >= 11 is 0. The number of anilines is 1. The minimum Gasteiger partial charge on any atom is -0.495 e. The van der Waals surface area contributed by atoms with Gasteiger partial charge in [-0.15, -0.1) is 0 Å². The summed E-state index contributed by atoms with van der Waals surface area (Å²) in [5.41, 5.74) is 4.91. The van der Waals surface area contributed by atoms with Crippen molar-refractivity contribution < 1.29 is 14.6 Å². The van der Waals surface area contributed by atoms with Crippen molar-refractivity contribution in [2.45, 2.75) is 82.3 Å². The monoisotopic (exact) mass is 552 g/mol. The van der Waals surface area contributed by atoms with E-state index in [0.29, 0.717) is 48.6 Å². The minimum atomic E-state index is -0.284. The molecule has 0 aliphatic heterocycles. The van der Waals surface area contributed by atoms with E-state index in [-0.39, 0.29) is 17.9 Å². The second-order valence-corrected chi connectivity index (χ2v) is 12.2. The summed E-state index contributed by atoms with van der Waals surface area (Å²) in [7, 11) is 1.60. The van der Waals surface area contributed by atoms with E-state index in [0.717, 1.165) is 55.3 Å². The predicted octanol–water partition coefficient (Wildman–Crippen LogP) is 6.62. The fourth-order valence-corrected chi connectivity index (χ4v) is 6.75. The van der Waals surface area contributed by atoms with Crippen LogP contribution in [0.4, 0.5) is 5.69 Å². The first kappa shape index (κ1) is 27.5. The number of amides is 1. The van der Waals surface area contributed by atoms with Gasteiger partial charge < -0.3 is 14.7 Å². The standard InChI is InChI=1S/C34H40N4O3/c1-41-33-16-11-27(17-28(33)19-35)24-7-5-23(6-8-24)21-37(34(40)25-9-14-32(39)15-10-25)31-4-2-3-26(18-31)29-20-36-38(22-29)30-12-13-30/h2-4,11,16-18,20,22-25,30,32,39H,5-10,12-15,21H2,1H3/t23-,24-,25-,32-. The van der Waals surface area contributed by atoms with Crippen LogP contribution in [-0.2, 0) is 4.79 Å². The third kappa shape index (κ3) is 6.18. The van der Waals surface area contributed by atoms with Gasteiger partial charge in [0.2, 0.25) is 5.91 Å². The molecule has 3 aromatic rings. The summed E-state index contributed by atoms with van der Waals surface area (Å²) in [6, 6.07) is 17.1. The number of methoxy groups -OCH3 is 1.